The van der Waals surface area contributed by atoms with E-state index in [2.05, 4.69) is 11.4 Å². The number of nitrogens with one attached hydrogen (secondary N) is 1. The van der Waals surface area contributed by atoms with Gasteiger partial charge < -0.3 is 16.2 Å². The number of carboxylic acid groups (broad SMARTS) is 1. The molecule has 20 heavy (non-hydrogen) atoms. The van der Waals surface area contributed by atoms with Crippen molar-refractivity contribution in [1.29, 1.82) is 5.26 Å². The Hall–Kier alpha value is -3.00. The van der Waals surface area contributed by atoms with E-state index in [4.69, 9.17) is 16.1 Å². The van der Waals surface area contributed by atoms with Gasteiger partial charge in [-0.3, -0.25) is 0 Å². The summed E-state index contributed by atoms with van der Waals surface area (Å²) in [6, 6.07) is 12.0. The first-order chi connectivity index (χ1) is 9.51. The van der Waals surface area contributed by atoms with Crippen LogP contribution in [0.15, 0.2) is 36.4 Å². The maximum atomic E-state index is 11.0. The van der Waals surface area contributed by atoms with E-state index < -0.39 is 5.97 Å². The second-order valence-corrected chi connectivity index (χ2v) is 4.37. The predicted octanol–water partition coefficient (Wildman–Crippen LogP) is 2.89. The molecule has 0 saturated heterocycles. The van der Waals surface area contributed by atoms with E-state index >= 15 is 0 Å². The number of nitrogens with zero attached hydrogens (tertiary/aromatic N) is 1. The molecule has 2 rings (SSSR count). The van der Waals surface area contributed by atoms with Crippen molar-refractivity contribution in [2.75, 3.05) is 11.1 Å². The fourth-order valence-electron chi connectivity index (χ4n) is 1.80. The maximum absolute atomic E-state index is 11.0. The number of nitrogens with two attached hydrogens (primary N) is 1. The first-order valence-electron chi connectivity index (χ1n) is 5.92. The van der Waals surface area contributed by atoms with Gasteiger partial charge in [0.1, 0.15) is 0 Å². The van der Waals surface area contributed by atoms with Crippen molar-refractivity contribution >= 4 is 23.0 Å². The van der Waals surface area contributed by atoms with Crippen molar-refractivity contribution in [1.82, 2.24) is 0 Å². The molecule has 4 N–H and O–H groups in total. The highest BCUT2D eigenvalue weighted by atomic mass is 16.4. The fraction of sp³-hybridized carbons (Fsp3) is 0.0667. The van der Waals surface area contributed by atoms with Gasteiger partial charge in [-0.25, -0.2) is 4.79 Å². The highest BCUT2D eigenvalue weighted by Gasteiger charge is 2.09. The average Bonchev–Trinajstić information content (AvgIpc) is 2.43. The van der Waals surface area contributed by atoms with Gasteiger partial charge in [-0.05, 0) is 42.8 Å². The van der Waals surface area contributed by atoms with Crippen LogP contribution >= 0.6 is 0 Å². The zero-order chi connectivity index (χ0) is 14.7. The Kier molecular flexibility index (Phi) is 3.58. The number of nitrogen functional groups attached to an aromatic ring is 1. The highest BCUT2D eigenvalue weighted by Crippen LogP contribution is 2.24. The summed E-state index contributed by atoms with van der Waals surface area (Å²) >= 11 is 0. The van der Waals surface area contributed by atoms with E-state index in [1.807, 2.05) is 13.0 Å². The van der Waals surface area contributed by atoms with E-state index in [9.17, 15) is 4.79 Å². The van der Waals surface area contributed by atoms with Gasteiger partial charge in [0.05, 0.1) is 17.2 Å². The lowest BCUT2D eigenvalue weighted by atomic mass is 10.1. The van der Waals surface area contributed by atoms with Gasteiger partial charge >= 0.3 is 5.97 Å². The van der Waals surface area contributed by atoms with E-state index in [0.717, 1.165) is 11.3 Å². The van der Waals surface area contributed by atoms with Crippen LogP contribution in [0.5, 0.6) is 0 Å². The van der Waals surface area contributed by atoms with Crippen LogP contribution in [-0.2, 0) is 0 Å². The molecule has 0 spiro atoms. The summed E-state index contributed by atoms with van der Waals surface area (Å²) < 4.78 is 0. The maximum Gasteiger partial charge on any atom is 0.337 e. The number of nitriles is 1. The minimum absolute atomic E-state index is 0.0455. The molecule has 0 atom stereocenters. The molecule has 100 valence electrons. The van der Waals surface area contributed by atoms with Crippen LogP contribution in [0.3, 0.4) is 0 Å². The smallest absolute Gasteiger partial charge is 0.337 e. The predicted molar refractivity (Wildman–Crippen MR) is 77.0 cm³/mol. The third-order valence-corrected chi connectivity index (χ3v) is 2.93. The molecular weight excluding hydrogens is 254 g/mol. The Bertz CT molecular complexity index is 718. The monoisotopic (exact) mass is 267 g/mol. The van der Waals surface area contributed by atoms with Crippen molar-refractivity contribution in [3.8, 4) is 6.07 Å². The number of hydrogen-bond donors (Lipinski definition) is 3. The lowest BCUT2D eigenvalue weighted by Crippen LogP contribution is -2.03. The first-order valence-corrected chi connectivity index (χ1v) is 5.92. The second kappa shape index (κ2) is 5.33. The SMILES string of the molecule is Cc1ccc(C#N)cc1Nc1ccc(N)c(C(=O)O)c1. The molecule has 0 aliphatic rings. The number of anilines is 3. The van der Waals surface area contributed by atoms with Crippen LogP contribution in [0.1, 0.15) is 21.5 Å². The second-order valence-electron chi connectivity index (χ2n) is 4.37. The summed E-state index contributed by atoms with van der Waals surface area (Å²) in [6.07, 6.45) is 0. The van der Waals surface area contributed by atoms with E-state index in [0.29, 0.717) is 11.3 Å². The Morgan fingerprint density at radius 2 is 2.05 bits per heavy atom. The fourth-order valence-corrected chi connectivity index (χ4v) is 1.80. The number of aryl methyl sites for hydroxylation is 1. The molecule has 2 aromatic carbocycles. The average molecular weight is 267 g/mol. The van der Waals surface area contributed by atoms with E-state index in [1.165, 1.54) is 12.1 Å². The first kappa shape index (κ1) is 13.4. The molecule has 5 heteroatoms. The summed E-state index contributed by atoms with van der Waals surface area (Å²) in [5.74, 6) is -1.08. The Balaban J connectivity index is 2.38. The number of hydrogen-bond acceptors (Lipinski definition) is 4. The highest BCUT2D eigenvalue weighted by molar-refractivity contribution is 5.95. The Labute approximate surface area is 116 Å². The number of aromatic carboxylic acids is 1. The van der Waals surface area contributed by atoms with Crippen molar-refractivity contribution in [2.24, 2.45) is 0 Å². The molecule has 0 heterocycles. The van der Waals surface area contributed by atoms with Gasteiger partial charge in [-0.1, -0.05) is 6.07 Å². The molecule has 0 saturated carbocycles. The topological polar surface area (TPSA) is 99.1 Å². The van der Waals surface area contributed by atoms with Gasteiger partial charge in [0.25, 0.3) is 0 Å². The molecule has 0 fully saturated rings. The van der Waals surface area contributed by atoms with Crippen molar-refractivity contribution in [2.45, 2.75) is 6.92 Å². The summed E-state index contributed by atoms with van der Waals surface area (Å²) in [5.41, 5.74) is 8.72. The molecular formula is C15H13N3O2. The van der Waals surface area contributed by atoms with Gasteiger partial charge in [0, 0.05) is 17.1 Å². The minimum atomic E-state index is -1.08. The summed E-state index contributed by atoms with van der Waals surface area (Å²) in [5, 5.41) is 21.0. The van der Waals surface area contributed by atoms with Gasteiger partial charge in [0.15, 0.2) is 0 Å². The molecule has 0 amide bonds. The number of carbonyl (C=O) groups is 1. The van der Waals surface area contributed by atoms with Crippen LogP contribution in [0.25, 0.3) is 0 Å². The van der Waals surface area contributed by atoms with E-state index in [-0.39, 0.29) is 11.3 Å². The van der Waals surface area contributed by atoms with Crippen molar-refractivity contribution in [3.05, 3.63) is 53.1 Å². The van der Waals surface area contributed by atoms with E-state index in [1.54, 1.807) is 18.2 Å². The third kappa shape index (κ3) is 2.70. The summed E-state index contributed by atoms with van der Waals surface area (Å²) in [7, 11) is 0. The Morgan fingerprint density at radius 1 is 1.30 bits per heavy atom. The zero-order valence-corrected chi connectivity index (χ0v) is 10.8. The van der Waals surface area contributed by atoms with Crippen LogP contribution in [0.4, 0.5) is 17.1 Å². The zero-order valence-electron chi connectivity index (χ0n) is 10.8. The van der Waals surface area contributed by atoms with Crippen molar-refractivity contribution < 1.29 is 9.90 Å². The molecule has 0 radical (unpaired) electrons. The van der Waals surface area contributed by atoms with Crippen molar-refractivity contribution in [3.63, 3.8) is 0 Å². The number of benzene rings is 2. The molecule has 2 aromatic rings. The normalized spacial score (nSPS) is 9.80. The molecule has 0 aromatic heterocycles. The minimum Gasteiger partial charge on any atom is -0.478 e. The van der Waals surface area contributed by atoms with Gasteiger partial charge in [0.2, 0.25) is 0 Å². The van der Waals surface area contributed by atoms with Gasteiger partial charge in [-0.2, -0.15) is 5.26 Å². The third-order valence-electron chi connectivity index (χ3n) is 2.93. The number of carboxylic acids is 1. The largest absolute Gasteiger partial charge is 0.478 e. The molecule has 0 aliphatic heterocycles. The van der Waals surface area contributed by atoms with Crippen LogP contribution in [-0.4, -0.2) is 11.1 Å². The van der Waals surface area contributed by atoms with Crippen LogP contribution in [0, 0.1) is 18.3 Å². The summed E-state index contributed by atoms with van der Waals surface area (Å²) in [4.78, 5) is 11.0. The standard InChI is InChI=1S/C15H13N3O2/c1-9-2-3-10(8-16)6-14(9)18-11-4-5-13(17)12(7-11)15(19)20/h2-7,18H,17H2,1H3,(H,19,20). The quantitative estimate of drug-likeness (QED) is 0.742. The molecule has 0 unspecified atom stereocenters. The Morgan fingerprint density at radius 3 is 2.70 bits per heavy atom. The van der Waals surface area contributed by atoms with Gasteiger partial charge in [-0.15, -0.1) is 0 Å². The molecule has 0 bridgehead atoms. The number of rotatable bonds is 3. The molecule has 0 aliphatic carbocycles. The lowest BCUT2D eigenvalue weighted by Gasteiger charge is -2.11. The summed E-state index contributed by atoms with van der Waals surface area (Å²) in [6.45, 7) is 1.90. The van der Waals surface area contributed by atoms with Crippen LogP contribution in [0.2, 0.25) is 0 Å². The lowest BCUT2D eigenvalue weighted by molar-refractivity contribution is 0.0698. The molecule has 5 nitrogen and oxygen atoms in total. The van der Waals surface area contributed by atoms with Crippen LogP contribution < -0.4 is 11.1 Å².